The predicted octanol–water partition coefficient (Wildman–Crippen LogP) is 1.64. The van der Waals surface area contributed by atoms with E-state index in [0.29, 0.717) is 0 Å². The Balaban J connectivity index is 1.75. The van der Waals surface area contributed by atoms with Crippen LogP contribution in [0.25, 0.3) is 0 Å². The minimum atomic E-state index is -4.22. The molecule has 0 spiro atoms. The molecule has 10 nitrogen and oxygen atoms in total. The van der Waals surface area contributed by atoms with Gasteiger partial charge in [-0.25, -0.2) is 8.42 Å². The van der Waals surface area contributed by atoms with Crippen molar-refractivity contribution in [3.05, 3.63) is 34.4 Å². The normalized spacial score (nSPS) is 33.7. The van der Waals surface area contributed by atoms with Gasteiger partial charge in [0.2, 0.25) is 10.0 Å². The molecule has 3 saturated heterocycles. The minimum Gasteiger partial charge on any atom is -0.348 e. The molecular weight excluding hydrogens is 404 g/mol. The van der Waals surface area contributed by atoms with Gasteiger partial charge in [-0.2, -0.15) is 4.31 Å². The van der Waals surface area contributed by atoms with Crippen LogP contribution in [0.2, 0.25) is 0 Å². The van der Waals surface area contributed by atoms with Crippen molar-refractivity contribution in [1.29, 1.82) is 0 Å². The van der Waals surface area contributed by atoms with Crippen molar-refractivity contribution in [1.82, 2.24) is 4.31 Å². The molecule has 3 aliphatic heterocycles. The van der Waals surface area contributed by atoms with Gasteiger partial charge in [-0.15, -0.1) is 0 Å². The van der Waals surface area contributed by atoms with Gasteiger partial charge in [0.1, 0.15) is 18.3 Å². The zero-order valence-electron chi connectivity index (χ0n) is 16.6. The Kier molecular flexibility index (Phi) is 4.76. The van der Waals surface area contributed by atoms with Gasteiger partial charge in [0, 0.05) is 12.6 Å². The summed E-state index contributed by atoms with van der Waals surface area (Å²) in [7, 11) is -4.22. The largest absolute Gasteiger partial charge is 0.348 e. The molecule has 29 heavy (non-hydrogen) atoms. The zero-order valence-corrected chi connectivity index (χ0v) is 17.4. The molecule has 11 heteroatoms. The molecule has 3 heterocycles. The second-order valence-corrected chi connectivity index (χ2v) is 10.2. The van der Waals surface area contributed by atoms with Crippen LogP contribution in [0.5, 0.6) is 0 Å². The van der Waals surface area contributed by atoms with E-state index in [1.54, 1.807) is 27.7 Å². The average molecular weight is 428 g/mol. The van der Waals surface area contributed by atoms with Crippen LogP contribution < -0.4 is 0 Å². The summed E-state index contributed by atoms with van der Waals surface area (Å²) in [6, 6.07) is 4.56. The predicted molar refractivity (Wildman–Crippen MR) is 99.5 cm³/mol. The number of sulfonamides is 1. The number of fused-ring (bicyclic) bond motifs is 1. The Morgan fingerprint density at radius 3 is 2.34 bits per heavy atom. The van der Waals surface area contributed by atoms with E-state index in [1.165, 1.54) is 28.6 Å². The maximum atomic E-state index is 13.5. The number of nitrogens with zero attached hydrogens (tertiary/aromatic N) is 2. The van der Waals surface area contributed by atoms with Gasteiger partial charge in [0.15, 0.2) is 16.5 Å². The molecule has 160 valence electrons. The van der Waals surface area contributed by atoms with Gasteiger partial charge in [-0.1, -0.05) is 12.1 Å². The SMILES string of the molecule is CC1(C)O[C@H]2[C@H]([C@H]3COC(C)(C)O3)N(S(=O)(=O)c3ccccc3[N+](=O)[O-])C[C@H]2O1. The van der Waals surface area contributed by atoms with Crippen LogP contribution >= 0.6 is 0 Å². The quantitative estimate of drug-likeness (QED) is 0.525. The van der Waals surface area contributed by atoms with E-state index in [-0.39, 0.29) is 18.0 Å². The lowest BCUT2D eigenvalue weighted by Gasteiger charge is -2.32. The van der Waals surface area contributed by atoms with Gasteiger partial charge in [-0.05, 0) is 33.8 Å². The third-order valence-electron chi connectivity index (χ3n) is 5.31. The van der Waals surface area contributed by atoms with Crippen molar-refractivity contribution in [2.24, 2.45) is 0 Å². The fourth-order valence-corrected chi connectivity index (χ4v) is 6.08. The topological polar surface area (TPSA) is 117 Å². The third-order valence-corrected chi connectivity index (χ3v) is 7.22. The lowest BCUT2D eigenvalue weighted by atomic mass is 10.1. The van der Waals surface area contributed by atoms with Crippen LogP contribution in [0.3, 0.4) is 0 Å². The highest BCUT2D eigenvalue weighted by Crippen LogP contribution is 2.43. The summed E-state index contributed by atoms with van der Waals surface area (Å²) < 4.78 is 51.7. The van der Waals surface area contributed by atoms with Crippen molar-refractivity contribution in [2.75, 3.05) is 13.2 Å². The van der Waals surface area contributed by atoms with E-state index in [2.05, 4.69) is 0 Å². The first-order chi connectivity index (χ1) is 13.4. The van der Waals surface area contributed by atoms with Crippen LogP contribution in [0.4, 0.5) is 5.69 Å². The second-order valence-electron chi connectivity index (χ2n) is 8.30. The standard InChI is InChI=1S/C18H24N2O8S/c1-17(2)25-10-13(27-17)15-16-12(26-18(3,4)28-16)9-19(15)29(23,24)14-8-6-5-7-11(14)20(21)22/h5-8,12-13,15-16H,9-10H2,1-4H3/t12-,13-,15+,16-/m1/s1. The van der Waals surface area contributed by atoms with Gasteiger partial charge >= 0.3 is 0 Å². The first kappa shape index (κ1) is 20.6. The molecule has 1 aromatic rings. The summed E-state index contributed by atoms with van der Waals surface area (Å²) in [4.78, 5) is 10.3. The Bertz CT molecular complexity index is 932. The van der Waals surface area contributed by atoms with Crippen molar-refractivity contribution >= 4 is 15.7 Å². The Morgan fingerprint density at radius 2 is 1.72 bits per heavy atom. The van der Waals surface area contributed by atoms with Gasteiger partial charge < -0.3 is 18.9 Å². The summed E-state index contributed by atoms with van der Waals surface area (Å²) in [5.41, 5.74) is -0.477. The minimum absolute atomic E-state index is 0.00737. The molecule has 4 rings (SSSR count). The number of benzene rings is 1. The molecule has 3 aliphatic rings. The monoisotopic (exact) mass is 428 g/mol. The van der Waals surface area contributed by atoms with Crippen molar-refractivity contribution in [3.63, 3.8) is 0 Å². The van der Waals surface area contributed by atoms with Crippen LogP contribution in [-0.4, -0.2) is 66.7 Å². The average Bonchev–Trinajstić information content (AvgIpc) is 3.23. The highest BCUT2D eigenvalue weighted by molar-refractivity contribution is 7.89. The highest BCUT2D eigenvalue weighted by Gasteiger charge is 2.60. The van der Waals surface area contributed by atoms with Crippen LogP contribution in [-0.2, 0) is 29.0 Å². The van der Waals surface area contributed by atoms with E-state index in [4.69, 9.17) is 18.9 Å². The van der Waals surface area contributed by atoms with E-state index in [0.717, 1.165) is 0 Å². The summed E-state index contributed by atoms with van der Waals surface area (Å²) in [6.07, 6.45) is -1.69. The number of hydrogen-bond donors (Lipinski definition) is 0. The molecule has 0 aromatic heterocycles. The van der Waals surface area contributed by atoms with Crippen LogP contribution in [0.15, 0.2) is 29.2 Å². The van der Waals surface area contributed by atoms with E-state index >= 15 is 0 Å². The fraction of sp³-hybridized carbons (Fsp3) is 0.667. The molecule has 0 aliphatic carbocycles. The zero-order chi connectivity index (χ0) is 21.2. The summed E-state index contributed by atoms with van der Waals surface area (Å²) in [5, 5.41) is 11.4. The molecule has 1 aromatic carbocycles. The smallest absolute Gasteiger partial charge is 0.289 e. The molecule has 0 radical (unpaired) electrons. The Morgan fingerprint density at radius 1 is 1.07 bits per heavy atom. The van der Waals surface area contributed by atoms with Gasteiger partial charge in [0.25, 0.3) is 5.69 Å². The number of ether oxygens (including phenoxy) is 4. The molecule has 4 atom stereocenters. The van der Waals surface area contributed by atoms with E-state index in [1.807, 2.05) is 0 Å². The maximum absolute atomic E-state index is 13.5. The third kappa shape index (κ3) is 3.56. The lowest BCUT2D eigenvalue weighted by molar-refractivity contribution is -0.387. The van der Waals surface area contributed by atoms with Crippen molar-refractivity contribution in [2.45, 2.75) is 68.5 Å². The Hall–Kier alpha value is -1.63. The van der Waals surface area contributed by atoms with Gasteiger partial charge in [0.05, 0.1) is 17.6 Å². The first-order valence-corrected chi connectivity index (χ1v) is 10.8. The summed E-state index contributed by atoms with van der Waals surface area (Å²) in [5.74, 6) is -1.73. The van der Waals surface area contributed by atoms with Crippen LogP contribution in [0, 0.1) is 10.1 Å². The first-order valence-electron chi connectivity index (χ1n) is 9.34. The number of rotatable bonds is 4. The van der Waals surface area contributed by atoms with E-state index < -0.39 is 56.6 Å². The highest BCUT2D eigenvalue weighted by atomic mass is 32.2. The molecule has 0 bridgehead atoms. The molecular formula is C18H24N2O8S. The van der Waals surface area contributed by atoms with Crippen molar-refractivity contribution < 1.29 is 32.3 Å². The summed E-state index contributed by atoms with van der Waals surface area (Å²) in [6.45, 7) is 7.20. The molecule has 0 amide bonds. The molecule has 0 saturated carbocycles. The van der Waals surface area contributed by atoms with Crippen LogP contribution in [0.1, 0.15) is 27.7 Å². The number of hydrogen-bond acceptors (Lipinski definition) is 8. The summed E-state index contributed by atoms with van der Waals surface area (Å²) >= 11 is 0. The van der Waals surface area contributed by atoms with Crippen molar-refractivity contribution in [3.8, 4) is 0 Å². The fourth-order valence-electron chi connectivity index (χ4n) is 4.25. The number of nitro groups is 1. The molecule has 0 N–H and O–H groups in total. The lowest BCUT2D eigenvalue weighted by Crippen LogP contribution is -2.50. The molecule has 3 fully saturated rings. The van der Waals surface area contributed by atoms with Gasteiger partial charge in [-0.3, -0.25) is 10.1 Å². The Labute approximate surface area is 168 Å². The van der Waals surface area contributed by atoms with E-state index in [9.17, 15) is 18.5 Å². The number of para-hydroxylation sites is 1. The number of nitro benzene ring substituents is 1. The second kappa shape index (κ2) is 6.69. The molecule has 0 unspecified atom stereocenters. The maximum Gasteiger partial charge on any atom is 0.289 e.